The van der Waals surface area contributed by atoms with Crippen LogP contribution in [0.3, 0.4) is 0 Å². The summed E-state index contributed by atoms with van der Waals surface area (Å²) in [5, 5.41) is 5.20. The van der Waals surface area contributed by atoms with E-state index in [2.05, 4.69) is 15.6 Å². The van der Waals surface area contributed by atoms with Crippen molar-refractivity contribution in [1.82, 2.24) is 10.3 Å². The number of urea groups is 1. The first kappa shape index (κ1) is 12.9. The lowest BCUT2D eigenvalue weighted by Gasteiger charge is -2.08. The number of benzene rings is 1. The number of nitrogens with zero attached hydrogens (tertiary/aromatic N) is 1. The van der Waals surface area contributed by atoms with E-state index < -0.39 is 0 Å². The molecule has 0 radical (unpaired) electrons. The molecule has 2 N–H and O–H groups in total. The number of para-hydroxylation sites is 1. The Balaban J connectivity index is 1.74. The number of nitrogens with one attached hydrogen (secondary N) is 2. The molecule has 5 heteroatoms. The smallest absolute Gasteiger partial charge is 0.323 e. The molecule has 0 spiro atoms. The molecule has 0 fully saturated rings. The Bertz CT molecular complexity index is 526. The number of pyridine rings is 1. The number of anilines is 1. The lowest BCUT2D eigenvalue weighted by Crippen LogP contribution is -2.32. The summed E-state index contributed by atoms with van der Waals surface area (Å²) in [7, 11) is 0. The van der Waals surface area contributed by atoms with Crippen LogP contribution >= 0.6 is 0 Å². The molecule has 0 atom stereocenters. The van der Waals surface area contributed by atoms with Gasteiger partial charge in [-0.1, -0.05) is 24.3 Å². The Labute approximate surface area is 111 Å². The molecule has 1 aromatic heterocycles. The van der Waals surface area contributed by atoms with E-state index in [1.165, 1.54) is 0 Å². The van der Waals surface area contributed by atoms with Crippen LogP contribution < -0.4 is 15.4 Å². The van der Waals surface area contributed by atoms with Gasteiger partial charge in [0.2, 0.25) is 0 Å². The Morgan fingerprint density at radius 2 is 2.00 bits per heavy atom. The fraction of sp³-hybridized carbons (Fsp3) is 0.143. The van der Waals surface area contributed by atoms with Crippen LogP contribution in [0.2, 0.25) is 0 Å². The fourth-order valence-electron chi connectivity index (χ4n) is 1.40. The summed E-state index contributed by atoms with van der Waals surface area (Å²) in [6.45, 7) is 2.03. The van der Waals surface area contributed by atoms with Gasteiger partial charge in [-0.3, -0.25) is 5.32 Å². The van der Waals surface area contributed by atoms with Crippen molar-refractivity contribution < 1.29 is 9.53 Å². The van der Waals surface area contributed by atoms with Crippen molar-refractivity contribution in [3.63, 3.8) is 0 Å². The highest BCUT2D eigenvalue weighted by Crippen LogP contribution is 2.07. The Kier molecular flexibility index (Phi) is 4.34. The first-order valence-electron chi connectivity index (χ1n) is 5.89. The van der Waals surface area contributed by atoms with Crippen molar-refractivity contribution in [2.45, 2.75) is 6.92 Å². The zero-order valence-electron chi connectivity index (χ0n) is 10.6. The van der Waals surface area contributed by atoms with Crippen LogP contribution in [-0.2, 0) is 0 Å². The average Bonchev–Trinajstić information content (AvgIpc) is 2.43. The summed E-state index contributed by atoms with van der Waals surface area (Å²) in [5.41, 5.74) is 1.04. The number of aryl methyl sites for hydroxylation is 1. The minimum absolute atomic E-state index is 0.0989. The van der Waals surface area contributed by atoms with Crippen LogP contribution in [0.4, 0.5) is 10.6 Å². The maximum atomic E-state index is 11.5. The summed E-state index contributed by atoms with van der Waals surface area (Å²) < 4.78 is 5.34. The first-order chi connectivity index (χ1) is 9.24. The normalized spacial score (nSPS) is 9.74. The zero-order chi connectivity index (χ0) is 13.5. The molecule has 0 aliphatic carbocycles. The van der Waals surface area contributed by atoms with Gasteiger partial charge in [0, 0.05) is 6.20 Å². The predicted molar refractivity (Wildman–Crippen MR) is 73.1 cm³/mol. The van der Waals surface area contributed by atoms with Gasteiger partial charge in [0.1, 0.15) is 11.6 Å². The molecule has 0 saturated heterocycles. The van der Waals surface area contributed by atoms with Gasteiger partial charge in [-0.2, -0.15) is 0 Å². The topological polar surface area (TPSA) is 63.2 Å². The molecule has 1 heterocycles. The second kappa shape index (κ2) is 6.39. The van der Waals surface area contributed by atoms with E-state index in [9.17, 15) is 4.79 Å². The van der Waals surface area contributed by atoms with Gasteiger partial charge >= 0.3 is 6.03 Å². The number of carbonyl (C=O) groups is 1. The molecule has 2 aromatic rings. The number of ether oxygens (including phenoxy) is 1. The molecule has 0 bridgehead atoms. The van der Waals surface area contributed by atoms with Gasteiger partial charge in [-0.05, 0) is 30.7 Å². The predicted octanol–water partition coefficient (Wildman–Crippen LogP) is 2.55. The molecule has 98 valence electrons. The molecule has 0 saturated carbocycles. The third-order valence-electron chi connectivity index (χ3n) is 2.37. The number of carbonyl (C=O) groups excluding carboxylic acids is 1. The molecule has 2 rings (SSSR count). The Morgan fingerprint density at radius 1 is 1.21 bits per heavy atom. The summed E-state index contributed by atoms with van der Waals surface area (Å²) in [5.74, 6) is 1.21. The third kappa shape index (κ3) is 4.31. The minimum atomic E-state index is -0.354. The van der Waals surface area contributed by atoms with Gasteiger partial charge in [0.25, 0.3) is 0 Å². The van der Waals surface area contributed by atoms with Gasteiger partial charge < -0.3 is 10.1 Å². The van der Waals surface area contributed by atoms with Gasteiger partial charge in [0.05, 0.1) is 0 Å². The van der Waals surface area contributed by atoms with Crippen molar-refractivity contribution in [2.75, 3.05) is 12.0 Å². The minimum Gasteiger partial charge on any atom is -0.473 e. The van der Waals surface area contributed by atoms with Crippen molar-refractivity contribution in [1.29, 1.82) is 0 Å². The van der Waals surface area contributed by atoms with Gasteiger partial charge in [-0.15, -0.1) is 0 Å². The van der Waals surface area contributed by atoms with E-state index in [0.29, 0.717) is 11.6 Å². The zero-order valence-corrected chi connectivity index (χ0v) is 10.6. The van der Waals surface area contributed by atoms with Crippen molar-refractivity contribution in [2.24, 2.45) is 0 Å². The first-order valence-corrected chi connectivity index (χ1v) is 5.89. The highest BCUT2D eigenvalue weighted by atomic mass is 16.5. The van der Waals surface area contributed by atoms with Crippen LogP contribution in [0.5, 0.6) is 5.75 Å². The van der Waals surface area contributed by atoms with Crippen molar-refractivity contribution >= 4 is 11.8 Å². The van der Waals surface area contributed by atoms with E-state index in [4.69, 9.17) is 4.74 Å². The highest BCUT2D eigenvalue weighted by molar-refractivity contribution is 5.88. The van der Waals surface area contributed by atoms with E-state index in [0.717, 1.165) is 5.56 Å². The summed E-state index contributed by atoms with van der Waals surface area (Å²) in [6.07, 6.45) is 1.69. The van der Waals surface area contributed by atoms with Crippen LogP contribution in [0.25, 0.3) is 0 Å². The maximum Gasteiger partial charge on any atom is 0.323 e. The average molecular weight is 257 g/mol. The van der Waals surface area contributed by atoms with E-state index in [-0.39, 0.29) is 12.8 Å². The summed E-state index contributed by atoms with van der Waals surface area (Å²) >= 11 is 0. The lowest BCUT2D eigenvalue weighted by molar-refractivity contribution is 0.234. The number of hydrogen-bond acceptors (Lipinski definition) is 3. The number of aromatic nitrogens is 1. The van der Waals surface area contributed by atoms with Gasteiger partial charge in [0.15, 0.2) is 6.73 Å². The standard InChI is InChI=1S/C14H15N3O2/c1-11-7-8-13(15-9-11)17-14(18)16-10-19-12-5-3-2-4-6-12/h2-9H,10H2,1H3,(H2,15,16,17,18). The van der Waals surface area contributed by atoms with Crippen LogP contribution in [0.1, 0.15) is 5.56 Å². The second-order valence-electron chi connectivity index (χ2n) is 3.95. The van der Waals surface area contributed by atoms with Crippen LogP contribution in [-0.4, -0.2) is 17.7 Å². The summed E-state index contributed by atoms with van der Waals surface area (Å²) in [6, 6.07) is 12.5. The Hall–Kier alpha value is -2.56. The number of hydrogen-bond donors (Lipinski definition) is 2. The molecule has 0 unspecified atom stereocenters. The Morgan fingerprint density at radius 3 is 2.68 bits per heavy atom. The molecule has 0 aliphatic rings. The van der Waals surface area contributed by atoms with E-state index >= 15 is 0 Å². The quantitative estimate of drug-likeness (QED) is 0.827. The molecule has 0 aliphatic heterocycles. The highest BCUT2D eigenvalue weighted by Gasteiger charge is 2.01. The van der Waals surface area contributed by atoms with Crippen molar-refractivity contribution in [3.05, 3.63) is 54.2 Å². The molecule has 19 heavy (non-hydrogen) atoms. The SMILES string of the molecule is Cc1ccc(NC(=O)NCOc2ccccc2)nc1. The largest absolute Gasteiger partial charge is 0.473 e. The van der Waals surface area contributed by atoms with E-state index in [1.807, 2.05) is 43.3 Å². The third-order valence-corrected chi connectivity index (χ3v) is 2.37. The molecular weight excluding hydrogens is 242 g/mol. The summed E-state index contributed by atoms with van der Waals surface area (Å²) in [4.78, 5) is 15.6. The molecule has 5 nitrogen and oxygen atoms in total. The maximum absolute atomic E-state index is 11.5. The number of amides is 2. The second-order valence-corrected chi connectivity index (χ2v) is 3.95. The van der Waals surface area contributed by atoms with E-state index in [1.54, 1.807) is 12.3 Å². The monoisotopic (exact) mass is 257 g/mol. The fourth-order valence-corrected chi connectivity index (χ4v) is 1.40. The van der Waals surface area contributed by atoms with Crippen LogP contribution in [0.15, 0.2) is 48.7 Å². The molecule has 1 aromatic carbocycles. The lowest BCUT2D eigenvalue weighted by atomic mass is 10.3. The van der Waals surface area contributed by atoms with Crippen molar-refractivity contribution in [3.8, 4) is 5.75 Å². The molecular formula is C14H15N3O2. The number of rotatable bonds is 4. The van der Waals surface area contributed by atoms with Gasteiger partial charge in [-0.25, -0.2) is 9.78 Å². The molecule has 2 amide bonds. The van der Waals surface area contributed by atoms with Crippen LogP contribution in [0, 0.1) is 6.92 Å².